The summed E-state index contributed by atoms with van der Waals surface area (Å²) < 4.78 is 66.9. The predicted octanol–water partition coefficient (Wildman–Crippen LogP) is 3.15. The number of carbonyl (C=O) groups excluding carboxylic acids is 2. The zero-order valence-corrected chi connectivity index (χ0v) is 23.4. The number of amidine groups is 1. The number of benzene rings is 2. The van der Waals surface area contributed by atoms with Crippen molar-refractivity contribution in [2.24, 2.45) is 4.99 Å². The smallest absolute Gasteiger partial charge is 0.396 e. The average Bonchev–Trinajstić information content (AvgIpc) is 3.23. The van der Waals surface area contributed by atoms with E-state index in [9.17, 15) is 31.2 Å². The number of amides is 2. The fourth-order valence-corrected chi connectivity index (χ4v) is 6.11. The average molecular weight is 593 g/mol. The second kappa shape index (κ2) is 11.7. The van der Waals surface area contributed by atoms with Crippen LogP contribution >= 0.6 is 0 Å². The van der Waals surface area contributed by atoms with E-state index in [0.717, 1.165) is 17.5 Å². The predicted molar refractivity (Wildman–Crippen MR) is 148 cm³/mol. The summed E-state index contributed by atoms with van der Waals surface area (Å²) in [5.74, 6) is -0.720. The van der Waals surface area contributed by atoms with Crippen LogP contribution in [0.25, 0.3) is 6.08 Å². The number of nitrogens with one attached hydrogen (secondary N) is 2. The molecule has 2 aromatic carbocycles. The monoisotopic (exact) mass is 592 g/mol. The van der Waals surface area contributed by atoms with Crippen LogP contribution in [-0.4, -0.2) is 67.3 Å². The lowest BCUT2D eigenvalue weighted by atomic mass is 9.89. The number of halogens is 3. The van der Waals surface area contributed by atoms with E-state index in [1.54, 1.807) is 26.0 Å². The first-order valence-corrected chi connectivity index (χ1v) is 14.5. The van der Waals surface area contributed by atoms with Crippen LogP contribution in [0.1, 0.15) is 57.4 Å². The van der Waals surface area contributed by atoms with E-state index in [4.69, 9.17) is 5.11 Å². The Morgan fingerprint density at radius 2 is 1.83 bits per heavy atom. The molecule has 0 atom stereocenters. The van der Waals surface area contributed by atoms with E-state index in [2.05, 4.69) is 15.6 Å². The van der Waals surface area contributed by atoms with Crippen LogP contribution in [0.2, 0.25) is 0 Å². The number of aryl methyl sites for hydroxylation is 2. The van der Waals surface area contributed by atoms with Gasteiger partial charge in [-0.1, -0.05) is 12.1 Å². The van der Waals surface area contributed by atoms with Gasteiger partial charge in [-0.25, -0.2) is 8.42 Å². The summed E-state index contributed by atoms with van der Waals surface area (Å²) in [5, 5.41) is 15.3. The molecule has 2 aromatic rings. The largest absolute Gasteiger partial charge is 0.416 e. The van der Waals surface area contributed by atoms with Crippen LogP contribution in [0.4, 0.5) is 13.2 Å². The molecule has 1 saturated heterocycles. The highest BCUT2D eigenvalue weighted by Crippen LogP contribution is 2.34. The number of rotatable bonds is 8. The lowest BCUT2D eigenvalue weighted by Crippen LogP contribution is -2.50. The van der Waals surface area contributed by atoms with Crippen molar-refractivity contribution in [1.82, 2.24) is 14.9 Å². The standard InChI is InChI=1S/C28H31F3N4O5S/c1-18-15-21(25(37)32-10-4-13-36)16-19(2)23(18)7-14-41(39,40)35-11-8-27(9-12-35)26(38)33-24(34-27)20-5-3-6-22(17-20)28(29,30)31/h3,5-7,14-17,36H,4,8-13H2,1-2H3,(H,32,37)(H,33,34,38)/b14-7+. The van der Waals surface area contributed by atoms with Gasteiger partial charge in [0.25, 0.3) is 11.8 Å². The first-order chi connectivity index (χ1) is 19.3. The number of hydrogen-bond donors (Lipinski definition) is 3. The van der Waals surface area contributed by atoms with Crippen LogP contribution in [0.5, 0.6) is 0 Å². The number of aliphatic hydroxyl groups is 1. The summed E-state index contributed by atoms with van der Waals surface area (Å²) >= 11 is 0. The number of carbonyl (C=O) groups is 2. The van der Waals surface area contributed by atoms with Crippen molar-refractivity contribution >= 4 is 33.7 Å². The Morgan fingerprint density at radius 3 is 2.44 bits per heavy atom. The highest BCUT2D eigenvalue weighted by atomic mass is 32.2. The summed E-state index contributed by atoms with van der Waals surface area (Å²) in [5.41, 5.74) is 0.518. The summed E-state index contributed by atoms with van der Waals surface area (Å²) in [6.45, 7) is 3.86. The van der Waals surface area contributed by atoms with Gasteiger partial charge in [-0.15, -0.1) is 0 Å². The molecule has 0 aromatic heterocycles. The van der Waals surface area contributed by atoms with E-state index in [0.29, 0.717) is 35.2 Å². The van der Waals surface area contributed by atoms with Crippen molar-refractivity contribution in [1.29, 1.82) is 0 Å². The molecule has 220 valence electrons. The Kier molecular flexibility index (Phi) is 8.71. The topological polar surface area (TPSA) is 128 Å². The minimum absolute atomic E-state index is 0.00434. The van der Waals surface area contributed by atoms with Gasteiger partial charge in [0.05, 0.1) is 5.56 Å². The van der Waals surface area contributed by atoms with E-state index in [-0.39, 0.29) is 49.8 Å². The Bertz CT molecular complexity index is 1490. The van der Waals surface area contributed by atoms with Crippen LogP contribution in [0.15, 0.2) is 46.8 Å². The maximum atomic E-state index is 13.1. The van der Waals surface area contributed by atoms with Crippen molar-refractivity contribution in [2.75, 3.05) is 26.2 Å². The van der Waals surface area contributed by atoms with Gasteiger partial charge >= 0.3 is 6.18 Å². The zero-order chi connectivity index (χ0) is 30.0. The molecule has 0 radical (unpaired) electrons. The fraction of sp³-hybridized carbons (Fsp3) is 0.393. The SMILES string of the molecule is Cc1cc(C(=O)NCCCO)cc(C)c1/C=C/S(=O)(=O)N1CCC2(CC1)N=C(c1cccc(C(F)(F)F)c1)NC2=O. The number of alkyl halides is 3. The molecular formula is C28H31F3N4O5S. The lowest BCUT2D eigenvalue weighted by molar-refractivity contribution is -0.137. The highest BCUT2D eigenvalue weighted by molar-refractivity contribution is 7.92. The van der Waals surface area contributed by atoms with Crippen molar-refractivity contribution < 1.29 is 36.3 Å². The molecule has 9 nitrogen and oxygen atoms in total. The van der Waals surface area contributed by atoms with Crippen molar-refractivity contribution in [3.63, 3.8) is 0 Å². The van der Waals surface area contributed by atoms with Gasteiger partial charge in [0.15, 0.2) is 0 Å². The van der Waals surface area contributed by atoms with E-state index < -0.39 is 33.2 Å². The second-order valence-corrected chi connectivity index (χ2v) is 11.9. The number of aliphatic hydroxyl groups excluding tert-OH is 1. The van der Waals surface area contributed by atoms with Gasteiger partial charge in [0, 0.05) is 42.8 Å². The number of aliphatic imine (C=N–C) groups is 1. The van der Waals surface area contributed by atoms with Gasteiger partial charge in [-0.2, -0.15) is 17.5 Å². The fourth-order valence-electron chi connectivity index (χ4n) is 4.94. The maximum Gasteiger partial charge on any atom is 0.416 e. The summed E-state index contributed by atoms with van der Waals surface area (Å²) in [4.78, 5) is 29.6. The third kappa shape index (κ3) is 6.68. The van der Waals surface area contributed by atoms with Crippen LogP contribution in [0, 0.1) is 13.8 Å². The Morgan fingerprint density at radius 1 is 1.17 bits per heavy atom. The van der Waals surface area contributed by atoms with E-state index >= 15 is 0 Å². The quantitative estimate of drug-likeness (QED) is 0.406. The normalized spacial score (nSPS) is 17.6. The first kappa shape index (κ1) is 30.4. The van der Waals surface area contributed by atoms with Gasteiger partial charge in [0.1, 0.15) is 11.4 Å². The number of hydrogen-bond acceptors (Lipinski definition) is 6. The molecule has 2 heterocycles. The van der Waals surface area contributed by atoms with E-state index in [1.807, 2.05) is 0 Å². The van der Waals surface area contributed by atoms with Gasteiger partial charge in [-0.3, -0.25) is 14.6 Å². The summed E-state index contributed by atoms with van der Waals surface area (Å²) in [6, 6.07) is 7.85. The molecule has 1 spiro atoms. The number of piperidine rings is 1. The molecule has 3 N–H and O–H groups in total. The molecule has 2 amide bonds. The molecule has 0 aliphatic carbocycles. The molecule has 0 unspecified atom stereocenters. The molecule has 0 bridgehead atoms. The van der Waals surface area contributed by atoms with Crippen molar-refractivity contribution in [3.05, 3.63) is 75.2 Å². The molecular weight excluding hydrogens is 561 g/mol. The first-order valence-electron chi connectivity index (χ1n) is 13.0. The third-order valence-electron chi connectivity index (χ3n) is 7.24. The second-order valence-electron chi connectivity index (χ2n) is 10.1. The summed E-state index contributed by atoms with van der Waals surface area (Å²) in [6.07, 6.45) is -2.48. The zero-order valence-electron chi connectivity index (χ0n) is 22.6. The Hall–Kier alpha value is -3.55. The van der Waals surface area contributed by atoms with Crippen LogP contribution < -0.4 is 10.6 Å². The third-order valence-corrected chi connectivity index (χ3v) is 8.80. The number of sulfonamides is 1. The minimum Gasteiger partial charge on any atom is -0.396 e. The number of nitrogens with zero attached hydrogens (tertiary/aromatic N) is 2. The van der Waals surface area contributed by atoms with Crippen LogP contribution in [-0.2, 0) is 21.0 Å². The molecule has 2 aliphatic heterocycles. The molecule has 13 heteroatoms. The minimum atomic E-state index is -4.54. The van der Waals surface area contributed by atoms with E-state index in [1.165, 1.54) is 22.5 Å². The van der Waals surface area contributed by atoms with Gasteiger partial charge in [0.2, 0.25) is 10.0 Å². The lowest BCUT2D eigenvalue weighted by Gasteiger charge is -2.34. The van der Waals surface area contributed by atoms with Gasteiger partial charge < -0.3 is 15.7 Å². The Balaban J connectivity index is 1.45. The Labute approximate surface area is 236 Å². The van der Waals surface area contributed by atoms with Crippen molar-refractivity contribution in [3.8, 4) is 0 Å². The maximum absolute atomic E-state index is 13.1. The molecule has 2 aliphatic rings. The molecule has 41 heavy (non-hydrogen) atoms. The van der Waals surface area contributed by atoms with Crippen molar-refractivity contribution in [2.45, 2.75) is 44.8 Å². The summed E-state index contributed by atoms with van der Waals surface area (Å²) in [7, 11) is -3.86. The van der Waals surface area contributed by atoms with Gasteiger partial charge in [-0.05, 0) is 80.1 Å². The van der Waals surface area contributed by atoms with Crippen LogP contribution in [0.3, 0.4) is 0 Å². The highest BCUT2D eigenvalue weighted by Gasteiger charge is 2.47. The molecule has 4 rings (SSSR count). The molecule has 1 fully saturated rings. The molecule has 0 saturated carbocycles.